The molecule has 1 rings (SSSR count). The predicted octanol–water partition coefficient (Wildman–Crippen LogP) is 3.22. The van der Waals surface area contributed by atoms with E-state index in [-0.39, 0.29) is 0 Å². The van der Waals surface area contributed by atoms with Crippen LogP contribution in [0.1, 0.15) is 32.4 Å². The van der Waals surface area contributed by atoms with Gasteiger partial charge in [-0.2, -0.15) is 0 Å². The van der Waals surface area contributed by atoms with Crippen molar-refractivity contribution in [2.24, 2.45) is 0 Å². The van der Waals surface area contributed by atoms with E-state index in [1.54, 1.807) is 39.0 Å². The molecule has 6 heteroatoms. The molecule has 1 unspecified atom stereocenters. The van der Waals surface area contributed by atoms with Gasteiger partial charge >= 0.3 is 6.09 Å². The van der Waals surface area contributed by atoms with Crippen LogP contribution >= 0.6 is 15.9 Å². The number of para-hydroxylation sites is 1. The summed E-state index contributed by atoms with van der Waals surface area (Å²) in [7, 11) is 1.50. The molecule has 110 valence electrons. The van der Waals surface area contributed by atoms with E-state index in [4.69, 9.17) is 9.47 Å². The fourth-order valence-electron chi connectivity index (χ4n) is 1.61. The first-order valence-electron chi connectivity index (χ1n) is 6.05. The first-order valence-corrected chi connectivity index (χ1v) is 6.85. The lowest BCUT2D eigenvalue weighted by atomic mass is 10.1. The highest BCUT2D eigenvalue weighted by Gasteiger charge is 2.23. The summed E-state index contributed by atoms with van der Waals surface area (Å²) in [5.74, 6) is 0.501. The Morgan fingerprint density at radius 3 is 2.55 bits per heavy atom. The second kappa shape index (κ2) is 6.74. The van der Waals surface area contributed by atoms with Gasteiger partial charge in [-0.15, -0.1) is 0 Å². The Morgan fingerprint density at radius 2 is 2.05 bits per heavy atom. The minimum Gasteiger partial charge on any atom is -0.495 e. The zero-order valence-corrected chi connectivity index (χ0v) is 13.5. The van der Waals surface area contributed by atoms with Crippen molar-refractivity contribution in [3.05, 3.63) is 28.2 Å². The smallest absolute Gasteiger partial charge is 0.408 e. The molecule has 0 aromatic heterocycles. The Hall–Kier alpha value is -1.56. The maximum atomic E-state index is 11.7. The summed E-state index contributed by atoms with van der Waals surface area (Å²) in [6.07, 6.45) is -0.0228. The van der Waals surface area contributed by atoms with Crippen molar-refractivity contribution in [1.29, 1.82) is 0 Å². The Bertz CT molecular complexity index is 496. The standard InChI is InChI=1S/C14H18BrNO4/c1-14(2,3)20-13(18)16-11(8-17)9-6-5-7-10(15)12(9)19-4/h5-8,11H,1-4H3,(H,16,18). The molecule has 0 radical (unpaired) electrons. The van der Waals surface area contributed by atoms with Crippen LogP contribution in [0.5, 0.6) is 5.75 Å². The maximum Gasteiger partial charge on any atom is 0.408 e. The molecule has 5 nitrogen and oxygen atoms in total. The average Bonchev–Trinajstić information content (AvgIpc) is 2.33. The molecule has 0 aliphatic carbocycles. The molecule has 0 fully saturated rings. The van der Waals surface area contributed by atoms with Gasteiger partial charge in [0.05, 0.1) is 11.6 Å². The van der Waals surface area contributed by atoms with Gasteiger partial charge in [-0.1, -0.05) is 12.1 Å². The molecule has 0 heterocycles. The molecule has 1 N–H and O–H groups in total. The van der Waals surface area contributed by atoms with Crippen LogP contribution in [0, 0.1) is 0 Å². The van der Waals surface area contributed by atoms with Crippen molar-refractivity contribution in [1.82, 2.24) is 5.32 Å². The van der Waals surface area contributed by atoms with E-state index < -0.39 is 17.7 Å². The SMILES string of the molecule is COc1c(Br)cccc1C(C=O)NC(=O)OC(C)(C)C. The third kappa shape index (κ3) is 4.52. The monoisotopic (exact) mass is 343 g/mol. The van der Waals surface area contributed by atoms with E-state index >= 15 is 0 Å². The summed E-state index contributed by atoms with van der Waals surface area (Å²) in [5.41, 5.74) is -0.0680. The molecular weight excluding hydrogens is 326 g/mol. The molecule has 0 bridgehead atoms. The van der Waals surface area contributed by atoms with Crippen LogP contribution in [0.4, 0.5) is 4.79 Å². The van der Waals surface area contributed by atoms with E-state index in [9.17, 15) is 9.59 Å². The number of carbonyl (C=O) groups is 2. The fraction of sp³-hybridized carbons (Fsp3) is 0.429. The van der Waals surface area contributed by atoms with Crippen LogP contribution in [-0.4, -0.2) is 25.1 Å². The van der Waals surface area contributed by atoms with Gasteiger partial charge in [0.25, 0.3) is 0 Å². The Kier molecular flexibility index (Phi) is 5.56. The number of aldehydes is 1. The summed E-state index contributed by atoms with van der Waals surface area (Å²) >= 11 is 3.33. The predicted molar refractivity (Wildman–Crippen MR) is 78.9 cm³/mol. The number of hydrogen-bond donors (Lipinski definition) is 1. The molecule has 20 heavy (non-hydrogen) atoms. The zero-order chi connectivity index (χ0) is 15.3. The minimum absolute atomic E-state index is 0.501. The number of benzene rings is 1. The van der Waals surface area contributed by atoms with E-state index in [2.05, 4.69) is 21.2 Å². The third-order valence-corrected chi connectivity index (χ3v) is 2.97. The summed E-state index contributed by atoms with van der Waals surface area (Å²) < 4.78 is 11.1. The van der Waals surface area contributed by atoms with Gasteiger partial charge in [-0.05, 0) is 42.8 Å². The van der Waals surface area contributed by atoms with Crippen LogP contribution in [-0.2, 0) is 9.53 Å². The highest BCUT2D eigenvalue weighted by molar-refractivity contribution is 9.10. The van der Waals surface area contributed by atoms with Crippen molar-refractivity contribution in [3.63, 3.8) is 0 Å². The number of methoxy groups -OCH3 is 1. The first-order chi connectivity index (χ1) is 9.28. The summed E-state index contributed by atoms with van der Waals surface area (Å²) in [4.78, 5) is 23.0. The second-order valence-electron chi connectivity index (χ2n) is 5.12. The number of ether oxygens (including phenoxy) is 2. The largest absolute Gasteiger partial charge is 0.495 e. The van der Waals surface area contributed by atoms with Crippen molar-refractivity contribution in [2.45, 2.75) is 32.4 Å². The summed E-state index contributed by atoms with van der Waals surface area (Å²) in [6.45, 7) is 5.26. The van der Waals surface area contributed by atoms with Gasteiger partial charge < -0.3 is 19.6 Å². The van der Waals surface area contributed by atoms with E-state index in [1.807, 2.05) is 0 Å². The molecule has 1 amide bonds. The molecule has 1 aromatic carbocycles. The molecule has 0 aliphatic rings. The number of rotatable bonds is 4. The average molecular weight is 344 g/mol. The van der Waals surface area contributed by atoms with Crippen LogP contribution in [0.25, 0.3) is 0 Å². The molecule has 1 atom stereocenters. The van der Waals surface area contributed by atoms with Crippen molar-refractivity contribution < 1.29 is 19.1 Å². The lowest BCUT2D eigenvalue weighted by molar-refractivity contribution is -0.109. The lowest BCUT2D eigenvalue weighted by Crippen LogP contribution is -2.35. The topological polar surface area (TPSA) is 64.6 Å². The van der Waals surface area contributed by atoms with Gasteiger partial charge in [-0.3, -0.25) is 0 Å². The Balaban J connectivity index is 2.95. The van der Waals surface area contributed by atoms with Crippen LogP contribution in [0.15, 0.2) is 22.7 Å². The van der Waals surface area contributed by atoms with E-state index in [0.717, 1.165) is 0 Å². The minimum atomic E-state index is -0.836. The number of amides is 1. The van der Waals surface area contributed by atoms with Crippen LogP contribution in [0.2, 0.25) is 0 Å². The lowest BCUT2D eigenvalue weighted by Gasteiger charge is -2.22. The molecule has 1 aromatic rings. The maximum absolute atomic E-state index is 11.7. The van der Waals surface area contributed by atoms with Crippen molar-refractivity contribution >= 4 is 28.3 Å². The number of alkyl carbamates (subject to hydrolysis) is 1. The molecule has 0 saturated heterocycles. The number of hydrogen-bond acceptors (Lipinski definition) is 4. The van der Waals surface area contributed by atoms with Gasteiger partial charge in [0.15, 0.2) is 0 Å². The number of halogens is 1. The van der Waals surface area contributed by atoms with Gasteiger partial charge in [0.1, 0.15) is 23.7 Å². The molecule has 0 aliphatic heterocycles. The highest BCUT2D eigenvalue weighted by atomic mass is 79.9. The fourth-order valence-corrected chi connectivity index (χ4v) is 2.15. The van der Waals surface area contributed by atoms with Crippen LogP contribution in [0.3, 0.4) is 0 Å². The van der Waals surface area contributed by atoms with Crippen molar-refractivity contribution in [2.75, 3.05) is 7.11 Å². The zero-order valence-electron chi connectivity index (χ0n) is 11.9. The normalized spacial score (nSPS) is 12.4. The first kappa shape index (κ1) is 16.5. The number of carbonyl (C=O) groups excluding carboxylic acids is 2. The van der Waals surface area contributed by atoms with Gasteiger partial charge in [0.2, 0.25) is 0 Å². The summed E-state index contributed by atoms with van der Waals surface area (Å²) in [6, 6.07) is 4.42. The quantitative estimate of drug-likeness (QED) is 0.852. The van der Waals surface area contributed by atoms with E-state index in [1.165, 1.54) is 7.11 Å². The van der Waals surface area contributed by atoms with Crippen molar-refractivity contribution in [3.8, 4) is 5.75 Å². The van der Waals surface area contributed by atoms with E-state index in [0.29, 0.717) is 22.1 Å². The summed E-state index contributed by atoms with van der Waals surface area (Å²) in [5, 5.41) is 2.51. The van der Waals surface area contributed by atoms with Crippen LogP contribution < -0.4 is 10.1 Å². The second-order valence-corrected chi connectivity index (χ2v) is 5.98. The Labute approximate surface area is 126 Å². The third-order valence-electron chi connectivity index (χ3n) is 2.34. The number of nitrogens with one attached hydrogen (secondary N) is 1. The molecule has 0 spiro atoms. The van der Waals surface area contributed by atoms with Gasteiger partial charge in [-0.25, -0.2) is 4.79 Å². The molecule has 0 saturated carbocycles. The Morgan fingerprint density at radius 1 is 1.40 bits per heavy atom. The highest BCUT2D eigenvalue weighted by Crippen LogP contribution is 2.32. The molecular formula is C14H18BrNO4. The van der Waals surface area contributed by atoms with Gasteiger partial charge in [0, 0.05) is 5.56 Å².